The molecule has 160 valence electrons. The highest BCUT2D eigenvalue weighted by Crippen LogP contribution is 2.27. The second-order valence-electron chi connectivity index (χ2n) is 8.68. The molecule has 0 aromatic heterocycles. The highest BCUT2D eigenvalue weighted by atomic mass is 35.5. The molecule has 1 fully saturated rings. The summed E-state index contributed by atoms with van der Waals surface area (Å²) in [6, 6.07) is 5.26. The Bertz CT molecular complexity index is 760. The van der Waals surface area contributed by atoms with Crippen LogP contribution in [0.15, 0.2) is 24.3 Å². The second kappa shape index (κ2) is 9.13. The summed E-state index contributed by atoms with van der Waals surface area (Å²) in [6.45, 7) is 8.77. The molecule has 1 aromatic carbocycles. The lowest BCUT2D eigenvalue weighted by molar-refractivity contribution is -0.144. The zero-order valence-electron chi connectivity index (χ0n) is 17.5. The zero-order valence-corrected chi connectivity index (χ0v) is 18.3. The van der Waals surface area contributed by atoms with Gasteiger partial charge >= 0.3 is 0 Å². The Morgan fingerprint density at radius 3 is 2.28 bits per heavy atom. The van der Waals surface area contributed by atoms with Crippen LogP contribution in [0.4, 0.5) is 0 Å². The summed E-state index contributed by atoms with van der Waals surface area (Å²) in [5, 5.41) is 16.3. The Morgan fingerprint density at radius 2 is 1.76 bits per heavy atom. The fourth-order valence-electron chi connectivity index (χ4n) is 3.47. The molecule has 29 heavy (non-hydrogen) atoms. The molecule has 1 saturated heterocycles. The van der Waals surface area contributed by atoms with Crippen LogP contribution in [0.5, 0.6) is 0 Å². The van der Waals surface area contributed by atoms with E-state index in [2.05, 4.69) is 10.6 Å². The molecule has 0 unspecified atom stereocenters. The van der Waals surface area contributed by atoms with Crippen LogP contribution in [0, 0.1) is 5.41 Å². The number of benzene rings is 1. The summed E-state index contributed by atoms with van der Waals surface area (Å²) in [4.78, 5) is 39.1. The third-order valence-electron chi connectivity index (χ3n) is 5.05. The van der Waals surface area contributed by atoms with Crippen molar-refractivity contribution < 1.29 is 19.5 Å². The van der Waals surface area contributed by atoms with Crippen LogP contribution in [0.25, 0.3) is 0 Å². The first-order chi connectivity index (χ1) is 13.4. The quantitative estimate of drug-likeness (QED) is 0.674. The molecule has 0 bridgehead atoms. The van der Waals surface area contributed by atoms with Gasteiger partial charge in [0.2, 0.25) is 17.7 Å². The van der Waals surface area contributed by atoms with Crippen LogP contribution in [0.3, 0.4) is 0 Å². The molecule has 1 heterocycles. The van der Waals surface area contributed by atoms with Crippen molar-refractivity contribution in [1.82, 2.24) is 15.5 Å². The van der Waals surface area contributed by atoms with Crippen molar-refractivity contribution in [1.29, 1.82) is 0 Å². The molecule has 3 N–H and O–H groups in total. The number of likely N-dealkylation sites (tertiary alicyclic amines) is 1. The van der Waals surface area contributed by atoms with Crippen molar-refractivity contribution in [3.63, 3.8) is 0 Å². The van der Waals surface area contributed by atoms with E-state index in [1.54, 1.807) is 12.1 Å². The zero-order chi connectivity index (χ0) is 21.9. The summed E-state index contributed by atoms with van der Waals surface area (Å²) in [6.07, 6.45) is -0.638. The number of carbonyl (C=O) groups excluding carboxylic acids is 3. The highest BCUT2D eigenvalue weighted by Gasteiger charge is 2.44. The maximum Gasteiger partial charge on any atom is 0.246 e. The topological polar surface area (TPSA) is 98.7 Å². The van der Waals surface area contributed by atoms with E-state index in [1.807, 2.05) is 39.8 Å². The Labute approximate surface area is 176 Å². The molecule has 8 heteroatoms. The molecule has 0 aliphatic carbocycles. The maximum atomic E-state index is 13.2. The van der Waals surface area contributed by atoms with Gasteiger partial charge in [0.1, 0.15) is 12.1 Å². The maximum absolute atomic E-state index is 13.2. The van der Waals surface area contributed by atoms with Crippen molar-refractivity contribution in [2.24, 2.45) is 5.41 Å². The number of carbonyl (C=O) groups is 3. The Kier molecular flexibility index (Phi) is 7.30. The number of nitrogens with zero attached hydrogens (tertiary/aromatic N) is 1. The molecule has 0 saturated carbocycles. The van der Waals surface area contributed by atoms with Crippen LogP contribution in [0.2, 0.25) is 5.02 Å². The first-order valence-corrected chi connectivity index (χ1v) is 10.1. The van der Waals surface area contributed by atoms with Gasteiger partial charge in [0.05, 0.1) is 12.1 Å². The average Bonchev–Trinajstić information content (AvgIpc) is 3.00. The van der Waals surface area contributed by atoms with Crippen LogP contribution in [0.1, 0.15) is 52.6 Å². The third kappa shape index (κ3) is 5.93. The van der Waals surface area contributed by atoms with Crippen LogP contribution >= 0.6 is 11.6 Å². The first-order valence-electron chi connectivity index (χ1n) is 9.71. The van der Waals surface area contributed by atoms with Gasteiger partial charge < -0.3 is 20.6 Å². The summed E-state index contributed by atoms with van der Waals surface area (Å²) < 4.78 is 0. The minimum atomic E-state index is -0.800. The summed E-state index contributed by atoms with van der Waals surface area (Å²) in [7, 11) is 0. The number of halogens is 1. The number of nitrogens with one attached hydrogen (secondary N) is 2. The van der Waals surface area contributed by atoms with E-state index in [1.165, 1.54) is 11.8 Å². The van der Waals surface area contributed by atoms with E-state index in [9.17, 15) is 19.5 Å². The Morgan fingerprint density at radius 1 is 1.17 bits per heavy atom. The van der Waals surface area contributed by atoms with Crippen LogP contribution in [-0.4, -0.2) is 52.5 Å². The van der Waals surface area contributed by atoms with E-state index in [0.29, 0.717) is 5.02 Å². The third-order valence-corrected chi connectivity index (χ3v) is 5.31. The molecule has 1 aliphatic heterocycles. The molecule has 4 atom stereocenters. The van der Waals surface area contributed by atoms with Gasteiger partial charge in [-0.1, -0.05) is 44.5 Å². The standard InChI is InChI=1S/C21H30ClN3O4/c1-12(14-6-8-15(22)9-7-14)23-19(28)17-10-16(27)11-25(17)20(29)18(21(3,4)5)24-13(2)26/h6-9,12,16-18,27H,10-11H2,1-5H3,(H,23,28)(H,24,26)/t12-,16+,17-,18+/m0/s1. The van der Waals surface area contributed by atoms with Crippen molar-refractivity contribution >= 4 is 29.3 Å². The minimum Gasteiger partial charge on any atom is -0.391 e. The van der Waals surface area contributed by atoms with Gasteiger partial charge in [0.25, 0.3) is 0 Å². The molecule has 1 aliphatic rings. The van der Waals surface area contributed by atoms with Gasteiger partial charge in [-0.25, -0.2) is 0 Å². The molecule has 1 aromatic rings. The second-order valence-corrected chi connectivity index (χ2v) is 9.11. The molecule has 3 amide bonds. The fourth-order valence-corrected chi connectivity index (χ4v) is 3.59. The van der Waals surface area contributed by atoms with E-state index < -0.39 is 23.6 Å². The van der Waals surface area contributed by atoms with Crippen LogP contribution in [-0.2, 0) is 14.4 Å². The van der Waals surface area contributed by atoms with E-state index in [4.69, 9.17) is 11.6 Å². The van der Waals surface area contributed by atoms with Gasteiger partial charge in [-0.3, -0.25) is 14.4 Å². The first kappa shape index (κ1) is 23.2. The number of aliphatic hydroxyl groups excluding tert-OH is 1. The largest absolute Gasteiger partial charge is 0.391 e. The van der Waals surface area contributed by atoms with Crippen molar-refractivity contribution in [2.45, 2.75) is 65.3 Å². The molecule has 0 spiro atoms. The van der Waals surface area contributed by atoms with Crippen molar-refractivity contribution in [2.75, 3.05) is 6.54 Å². The van der Waals surface area contributed by atoms with Gasteiger partial charge in [-0.15, -0.1) is 0 Å². The number of amides is 3. The lowest BCUT2D eigenvalue weighted by Crippen LogP contribution is -2.57. The number of hydrogen-bond acceptors (Lipinski definition) is 4. The number of aliphatic hydroxyl groups is 1. The molecular formula is C21H30ClN3O4. The van der Waals surface area contributed by atoms with E-state index in [-0.39, 0.29) is 36.7 Å². The monoisotopic (exact) mass is 423 g/mol. The Balaban J connectivity index is 2.17. The smallest absolute Gasteiger partial charge is 0.246 e. The lowest BCUT2D eigenvalue weighted by atomic mass is 9.85. The van der Waals surface area contributed by atoms with Gasteiger partial charge in [-0.05, 0) is 30.0 Å². The van der Waals surface area contributed by atoms with Gasteiger partial charge in [-0.2, -0.15) is 0 Å². The summed E-state index contributed by atoms with van der Waals surface area (Å²) in [5.41, 5.74) is 0.332. The summed E-state index contributed by atoms with van der Waals surface area (Å²) >= 11 is 5.91. The predicted octanol–water partition coefficient (Wildman–Crippen LogP) is 2.03. The molecule has 0 radical (unpaired) electrons. The number of β-amino-alcohol motifs (C(OH)–C–C–N with tert-alkyl or cyclic N) is 1. The van der Waals surface area contributed by atoms with E-state index in [0.717, 1.165) is 5.56 Å². The van der Waals surface area contributed by atoms with Gasteiger partial charge in [0, 0.05) is 24.9 Å². The average molecular weight is 424 g/mol. The minimum absolute atomic E-state index is 0.0540. The van der Waals surface area contributed by atoms with Crippen molar-refractivity contribution in [3.8, 4) is 0 Å². The van der Waals surface area contributed by atoms with Gasteiger partial charge in [0.15, 0.2) is 0 Å². The lowest BCUT2D eigenvalue weighted by Gasteiger charge is -2.35. The predicted molar refractivity (Wildman–Crippen MR) is 111 cm³/mol. The Hall–Kier alpha value is -2.12. The molecule has 2 rings (SSSR count). The normalized spacial score (nSPS) is 21.4. The summed E-state index contributed by atoms with van der Waals surface area (Å²) in [5.74, 6) is -1.04. The highest BCUT2D eigenvalue weighted by molar-refractivity contribution is 6.30. The van der Waals surface area contributed by atoms with Crippen molar-refractivity contribution in [3.05, 3.63) is 34.9 Å². The van der Waals surface area contributed by atoms with E-state index >= 15 is 0 Å². The number of hydrogen-bond donors (Lipinski definition) is 3. The van der Waals surface area contributed by atoms with Crippen LogP contribution < -0.4 is 10.6 Å². The fraction of sp³-hybridized carbons (Fsp3) is 0.571. The number of rotatable bonds is 5. The molecule has 7 nitrogen and oxygen atoms in total. The molecular weight excluding hydrogens is 394 g/mol. The SMILES string of the molecule is CC(=O)N[C@H](C(=O)N1C[C@H](O)C[C@H]1C(=O)N[C@@H](C)c1ccc(Cl)cc1)C(C)(C)C.